The smallest absolute Gasteiger partial charge is 0.241 e. The van der Waals surface area contributed by atoms with Crippen molar-refractivity contribution in [3.05, 3.63) is 48.9 Å². The molecule has 0 radical (unpaired) electrons. The summed E-state index contributed by atoms with van der Waals surface area (Å²) in [7, 11) is 0. The van der Waals surface area contributed by atoms with Crippen molar-refractivity contribution in [3.63, 3.8) is 0 Å². The first-order valence-corrected chi connectivity index (χ1v) is 7.86. The van der Waals surface area contributed by atoms with Gasteiger partial charge in [0.2, 0.25) is 17.7 Å². The SMILES string of the molecule is c1cnc(N2CCN(Cc3nc(-c4cccnc4)no3)CC2)nc1. The van der Waals surface area contributed by atoms with E-state index < -0.39 is 0 Å². The van der Waals surface area contributed by atoms with Crippen LogP contribution in [-0.2, 0) is 6.54 Å². The molecule has 0 N–H and O–H groups in total. The second-order valence-corrected chi connectivity index (χ2v) is 5.57. The fraction of sp³-hybridized carbons (Fsp3) is 0.312. The van der Waals surface area contributed by atoms with Gasteiger partial charge in [-0.05, 0) is 18.2 Å². The number of rotatable bonds is 4. The van der Waals surface area contributed by atoms with Gasteiger partial charge in [0.25, 0.3) is 0 Å². The normalized spacial score (nSPS) is 15.6. The van der Waals surface area contributed by atoms with Crippen LogP contribution in [0.5, 0.6) is 0 Å². The van der Waals surface area contributed by atoms with E-state index in [-0.39, 0.29) is 0 Å². The summed E-state index contributed by atoms with van der Waals surface area (Å²) in [5.41, 5.74) is 0.860. The zero-order chi connectivity index (χ0) is 16.2. The molecule has 4 heterocycles. The molecule has 0 atom stereocenters. The first-order valence-electron chi connectivity index (χ1n) is 7.86. The summed E-state index contributed by atoms with van der Waals surface area (Å²) in [5.74, 6) is 1.99. The first kappa shape index (κ1) is 14.7. The Morgan fingerprint density at radius 3 is 2.58 bits per heavy atom. The van der Waals surface area contributed by atoms with Gasteiger partial charge in [-0.15, -0.1) is 0 Å². The highest BCUT2D eigenvalue weighted by molar-refractivity contribution is 5.51. The Balaban J connectivity index is 1.35. The largest absolute Gasteiger partial charge is 0.338 e. The highest BCUT2D eigenvalue weighted by Crippen LogP contribution is 2.16. The van der Waals surface area contributed by atoms with Crippen molar-refractivity contribution in [1.29, 1.82) is 0 Å². The van der Waals surface area contributed by atoms with Crippen LogP contribution in [0.4, 0.5) is 5.95 Å². The second kappa shape index (κ2) is 6.71. The molecule has 3 aromatic rings. The fourth-order valence-electron chi connectivity index (χ4n) is 2.68. The van der Waals surface area contributed by atoms with Crippen molar-refractivity contribution in [2.75, 3.05) is 31.1 Å². The van der Waals surface area contributed by atoms with Crippen LogP contribution in [0.3, 0.4) is 0 Å². The number of hydrogen-bond acceptors (Lipinski definition) is 8. The van der Waals surface area contributed by atoms with Crippen molar-refractivity contribution in [2.45, 2.75) is 6.54 Å². The van der Waals surface area contributed by atoms with Gasteiger partial charge in [0, 0.05) is 56.5 Å². The Labute approximate surface area is 139 Å². The monoisotopic (exact) mass is 323 g/mol. The van der Waals surface area contributed by atoms with Gasteiger partial charge in [0.05, 0.1) is 6.54 Å². The summed E-state index contributed by atoms with van der Waals surface area (Å²) in [5, 5.41) is 4.03. The molecule has 0 spiro atoms. The van der Waals surface area contributed by atoms with E-state index in [1.807, 2.05) is 18.2 Å². The van der Waals surface area contributed by atoms with Crippen molar-refractivity contribution >= 4 is 5.95 Å². The molecule has 4 rings (SSSR count). The Morgan fingerprint density at radius 1 is 1.00 bits per heavy atom. The molecule has 0 aromatic carbocycles. The average Bonchev–Trinajstić information content (AvgIpc) is 3.12. The van der Waals surface area contributed by atoms with Crippen molar-refractivity contribution in [3.8, 4) is 11.4 Å². The molecule has 1 fully saturated rings. The van der Waals surface area contributed by atoms with E-state index in [0.717, 1.165) is 37.7 Å². The molecule has 1 aliphatic heterocycles. The van der Waals surface area contributed by atoms with Crippen LogP contribution in [0.25, 0.3) is 11.4 Å². The van der Waals surface area contributed by atoms with Crippen LogP contribution >= 0.6 is 0 Å². The molecule has 8 heteroatoms. The molecule has 0 aliphatic carbocycles. The molecular formula is C16H17N7O. The van der Waals surface area contributed by atoms with E-state index in [1.54, 1.807) is 24.8 Å². The number of piperazine rings is 1. The predicted molar refractivity (Wildman–Crippen MR) is 87.1 cm³/mol. The maximum atomic E-state index is 5.36. The lowest BCUT2D eigenvalue weighted by Crippen LogP contribution is -2.46. The molecule has 3 aromatic heterocycles. The van der Waals surface area contributed by atoms with Crippen molar-refractivity contribution in [1.82, 2.24) is 30.0 Å². The number of anilines is 1. The Hall–Kier alpha value is -2.87. The summed E-state index contributed by atoms with van der Waals surface area (Å²) in [6.45, 7) is 4.23. The van der Waals surface area contributed by atoms with Crippen molar-refractivity contribution in [2.24, 2.45) is 0 Å². The predicted octanol–water partition coefficient (Wildman–Crippen LogP) is 1.24. The summed E-state index contributed by atoms with van der Waals surface area (Å²) in [4.78, 5) is 21.6. The molecule has 0 amide bonds. The van der Waals surface area contributed by atoms with Gasteiger partial charge < -0.3 is 9.42 Å². The van der Waals surface area contributed by atoms with Gasteiger partial charge in [0.15, 0.2) is 0 Å². The summed E-state index contributed by atoms with van der Waals surface area (Å²) >= 11 is 0. The number of pyridine rings is 1. The number of hydrogen-bond donors (Lipinski definition) is 0. The maximum absolute atomic E-state index is 5.36. The quantitative estimate of drug-likeness (QED) is 0.709. The molecule has 122 valence electrons. The maximum Gasteiger partial charge on any atom is 0.241 e. The minimum atomic E-state index is 0.578. The Morgan fingerprint density at radius 2 is 1.83 bits per heavy atom. The first-order chi connectivity index (χ1) is 11.9. The van der Waals surface area contributed by atoms with Crippen LogP contribution in [0.1, 0.15) is 5.89 Å². The average molecular weight is 323 g/mol. The van der Waals surface area contributed by atoms with Crippen LogP contribution in [0.2, 0.25) is 0 Å². The standard InChI is InChI=1S/C16H17N7O/c1-3-13(11-17-4-1)15-20-14(24-21-15)12-22-7-9-23(10-8-22)16-18-5-2-6-19-16/h1-6,11H,7-10,12H2. The zero-order valence-corrected chi connectivity index (χ0v) is 13.1. The topological polar surface area (TPSA) is 84.1 Å². The zero-order valence-electron chi connectivity index (χ0n) is 13.1. The van der Waals surface area contributed by atoms with Crippen LogP contribution in [-0.4, -0.2) is 56.2 Å². The molecule has 24 heavy (non-hydrogen) atoms. The Kier molecular flexibility index (Phi) is 4.11. The molecule has 8 nitrogen and oxygen atoms in total. The van der Waals surface area contributed by atoms with Crippen LogP contribution in [0, 0.1) is 0 Å². The molecule has 0 bridgehead atoms. The molecule has 0 unspecified atom stereocenters. The summed E-state index contributed by atoms with van der Waals surface area (Å²) in [6, 6.07) is 5.60. The lowest BCUT2D eigenvalue weighted by atomic mass is 10.3. The van der Waals surface area contributed by atoms with Gasteiger partial charge in [-0.1, -0.05) is 5.16 Å². The molecule has 1 saturated heterocycles. The number of aromatic nitrogens is 5. The van der Waals surface area contributed by atoms with Crippen LogP contribution < -0.4 is 4.90 Å². The Bertz CT molecular complexity index is 769. The van der Waals surface area contributed by atoms with E-state index in [0.29, 0.717) is 18.3 Å². The van der Waals surface area contributed by atoms with E-state index in [2.05, 4.69) is 34.9 Å². The summed E-state index contributed by atoms with van der Waals surface area (Å²) in [6.07, 6.45) is 6.99. The third-order valence-corrected chi connectivity index (χ3v) is 3.95. The summed E-state index contributed by atoms with van der Waals surface area (Å²) < 4.78 is 5.36. The van der Waals surface area contributed by atoms with E-state index in [9.17, 15) is 0 Å². The van der Waals surface area contributed by atoms with Gasteiger partial charge in [-0.3, -0.25) is 9.88 Å². The van der Waals surface area contributed by atoms with Gasteiger partial charge in [0.1, 0.15) is 0 Å². The molecule has 0 saturated carbocycles. The lowest BCUT2D eigenvalue weighted by molar-refractivity contribution is 0.214. The highest BCUT2D eigenvalue weighted by atomic mass is 16.5. The lowest BCUT2D eigenvalue weighted by Gasteiger charge is -2.33. The minimum Gasteiger partial charge on any atom is -0.338 e. The molecule has 1 aliphatic rings. The van der Waals surface area contributed by atoms with Crippen molar-refractivity contribution < 1.29 is 4.52 Å². The second-order valence-electron chi connectivity index (χ2n) is 5.57. The highest BCUT2D eigenvalue weighted by Gasteiger charge is 2.20. The number of nitrogens with zero attached hydrogens (tertiary/aromatic N) is 7. The van der Waals surface area contributed by atoms with E-state index in [1.165, 1.54) is 0 Å². The van der Waals surface area contributed by atoms with Crippen LogP contribution in [0.15, 0.2) is 47.5 Å². The van der Waals surface area contributed by atoms with Gasteiger partial charge >= 0.3 is 0 Å². The van der Waals surface area contributed by atoms with Gasteiger partial charge in [-0.25, -0.2) is 9.97 Å². The minimum absolute atomic E-state index is 0.578. The van der Waals surface area contributed by atoms with Gasteiger partial charge in [-0.2, -0.15) is 4.98 Å². The third-order valence-electron chi connectivity index (χ3n) is 3.95. The van der Waals surface area contributed by atoms with E-state index in [4.69, 9.17) is 4.52 Å². The third kappa shape index (κ3) is 3.23. The fourth-order valence-corrected chi connectivity index (χ4v) is 2.68. The molecular weight excluding hydrogens is 306 g/mol. The van der Waals surface area contributed by atoms with E-state index >= 15 is 0 Å².